The van der Waals surface area contributed by atoms with Crippen molar-refractivity contribution in [2.75, 3.05) is 19.8 Å². The van der Waals surface area contributed by atoms with E-state index in [1.165, 1.54) is 0 Å². The van der Waals surface area contributed by atoms with E-state index in [4.69, 9.17) is 9.47 Å². The van der Waals surface area contributed by atoms with Crippen LogP contribution in [0, 0.1) is 6.92 Å². The van der Waals surface area contributed by atoms with Gasteiger partial charge in [-0.15, -0.1) is 0 Å². The van der Waals surface area contributed by atoms with Crippen LogP contribution in [0.15, 0.2) is 42.5 Å². The Kier molecular flexibility index (Phi) is 4.48. The van der Waals surface area contributed by atoms with Crippen LogP contribution < -0.4 is 14.8 Å². The van der Waals surface area contributed by atoms with Gasteiger partial charge in [0, 0.05) is 25.1 Å². The summed E-state index contributed by atoms with van der Waals surface area (Å²) in [7, 11) is 0. The number of amides is 1. The van der Waals surface area contributed by atoms with Gasteiger partial charge in [0.25, 0.3) is 5.91 Å². The van der Waals surface area contributed by atoms with Crippen LogP contribution in [0.2, 0.25) is 0 Å². The highest BCUT2D eigenvalue weighted by Crippen LogP contribution is 2.30. The number of hydrogen-bond donors (Lipinski definition) is 1. The Morgan fingerprint density at radius 3 is 2.85 bits per heavy atom. The highest BCUT2D eigenvalue weighted by atomic mass is 16.5. The number of ether oxygens (including phenoxy) is 2. The molecule has 0 bridgehead atoms. The minimum absolute atomic E-state index is 0.122. The molecule has 0 unspecified atom stereocenters. The molecule has 134 valence electrons. The lowest BCUT2D eigenvalue weighted by molar-refractivity contribution is 0.0952. The van der Waals surface area contributed by atoms with E-state index in [2.05, 4.69) is 14.9 Å². The average Bonchev–Trinajstić information content (AvgIpc) is 2.82. The summed E-state index contributed by atoms with van der Waals surface area (Å²) in [6.07, 6.45) is 0.842. The van der Waals surface area contributed by atoms with Crippen molar-refractivity contribution in [2.24, 2.45) is 0 Å². The summed E-state index contributed by atoms with van der Waals surface area (Å²) in [6, 6.07) is 13.3. The lowest BCUT2D eigenvalue weighted by Gasteiger charge is -2.11. The number of aryl methyl sites for hydroxylation is 1. The van der Waals surface area contributed by atoms with E-state index in [0.717, 1.165) is 23.3 Å². The maximum Gasteiger partial charge on any atom is 0.251 e. The molecule has 0 atom stereocenters. The van der Waals surface area contributed by atoms with E-state index in [9.17, 15) is 4.79 Å². The van der Waals surface area contributed by atoms with Gasteiger partial charge in [0.15, 0.2) is 11.5 Å². The standard InChI is InChI=1S/C20H21N3O3/c1-14-22-16-5-2-3-6-17(16)23(14)10-9-21-20(24)15-7-8-18-19(13-15)26-12-4-11-25-18/h2-3,5-8,13H,4,9-12H2,1H3,(H,21,24). The van der Waals surface area contributed by atoms with E-state index in [-0.39, 0.29) is 5.91 Å². The molecular weight excluding hydrogens is 330 g/mol. The second kappa shape index (κ2) is 7.07. The zero-order valence-corrected chi connectivity index (χ0v) is 14.7. The third-order valence-corrected chi connectivity index (χ3v) is 4.48. The molecule has 0 saturated carbocycles. The maximum absolute atomic E-state index is 12.5. The number of hydrogen-bond acceptors (Lipinski definition) is 4. The summed E-state index contributed by atoms with van der Waals surface area (Å²) >= 11 is 0. The van der Waals surface area contributed by atoms with Crippen molar-refractivity contribution < 1.29 is 14.3 Å². The monoisotopic (exact) mass is 351 g/mol. The summed E-state index contributed by atoms with van der Waals surface area (Å²) < 4.78 is 13.4. The lowest BCUT2D eigenvalue weighted by atomic mass is 10.2. The number of nitrogens with one attached hydrogen (secondary N) is 1. The molecule has 1 N–H and O–H groups in total. The molecule has 0 fully saturated rings. The van der Waals surface area contributed by atoms with Crippen LogP contribution in [-0.2, 0) is 6.54 Å². The van der Waals surface area contributed by atoms with Crippen molar-refractivity contribution in [1.29, 1.82) is 0 Å². The number of rotatable bonds is 4. The van der Waals surface area contributed by atoms with Crippen molar-refractivity contribution >= 4 is 16.9 Å². The first kappa shape index (κ1) is 16.4. The van der Waals surface area contributed by atoms with Crippen LogP contribution in [0.4, 0.5) is 0 Å². The van der Waals surface area contributed by atoms with Crippen LogP contribution in [0.3, 0.4) is 0 Å². The van der Waals surface area contributed by atoms with Crippen LogP contribution in [0.1, 0.15) is 22.6 Å². The fourth-order valence-electron chi connectivity index (χ4n) is 3.17. The molecule has 2 aromatic carbocycles. The van der Waals surface area contributed by atoms with E-state index in [1.54, 1.807) is 18.2 Å². The van der Waals surface area contributed by atoms with Gasteiger partial charge in [0.1, 0.15) is 5.82 Å². The number of imidazole rings is 1. The van der Waals surface area contributed by atoms with Crippen LogP contribution in [0.25, 0.3) is 11.0 Å². The Morgan fingerprint density at radius 2 is 1.96 bits per heavy atom. The summed E-state index contributed by atoms with van der Waals surface area (Å²) in [4.78, 5) is 17.0. The molecule has 0 aliphatic carbocycles. The zero-order valence-electron chi connectivity index (χ0n) is 14.7. The SMILES string of the molecule is Cc1nc2ccccc2n1CCNC(=O)c1ccc2c(c1)OCCCO2. The van der Waals surface area contributed by atoms with Gasteiger partial charge < -0.3 is 19.4 Å². The molecule has 2 heterocycles. The molecule has 1 amide bonds. The summed E-state index contributed by atoms with van der Waals surface area (Å²) in [5.74, 6) is 2.14. The number of benzene rings is 2. The lowest BCUT2D eigenvalue weighted by Crippen LogP contribution is -2.27. The highest BCUT2D eigenvalue weighted by molar-refractivity contribution is 5.94. The van der Waals surface area contributed by atoms with Gasteiger partial charge in [-0.2, -0.15) is 0 Å². The predicted molar refractivity (Wildman–Crippen MR) is 98.9 cm³/mol. The van der Waals surface area contributed by atoms with Gasteiger partial charge in [-0.25, -0.2) is 4.98 Å². The molecule has 0 spiro atoms. The largest absolute Gasteiger partial charge is 0.490 e. The molecule has 6 nitrogen and oxygen atoms in total. The molecule has 1 aromatic heterocycles. The van der Waals surface area contributed by atoms with Gasteiger partial charge in [0.2, 0.25) is 0 Å². The molecule has 0 saturated heterocycles. The molecule has 1 aliphatic rings. The summed E-state index contributed by atoms with van der Waals surface area (Å²) in [5.41, 5.74) is 2.62. The van der Waals surface area contributed by atoms with Gasteiger partial charge in [-0.3, -0.25) is 4.79 Å². The smallest absolute Gasteiger partial charge is 0.251 e. The van der Waals surface area contributed by atoms with Gasteiger partial charge >= 0.3 is 0 Å². The first-order valence-electron chi connectivity index (χ1n) is 8.82. The Morgan fingerprint density at radius 1 is 1.15 bits per heavy atom. The number of fused-ring (bicyclic) bond motifs is 2. The minimum Gasteiger partial charge on any atom is -0.490 e. The quantitative estimate of drug-likeness (QED) is 0.785. The fraction of sp³-hybridized carbons (Fsp3) is 0.300. The first-order chi connectivity index (χ1) is 12.7. The maximum atomic E-state index is 12.5. The molecular formula is C20H21N3O3. The molecule has 26 heavy (non-hydrogen) atoms. The summed E-state index contributed by atoms with van der Waals surface area (Å²) in [5, 5.41) is 2.97. The third kappa shape index (κ3) is 3.22. The topological polar surface area (TPSA) is 65.4 Å². The Balaban J connectivity index is 1.42. The van der Waals surface area contributed by atoms with E-state index < -0.39 is 0 Å². The number of carbonyl (C=O) groups is 1. The number of aromatic nitrogens is 2. The van der Waals surface area contributed by atoms with E-state index >= 15 is 0 Å². The van der Waals surface area contributed by atoms with Crippen molar-refractivity contribution in [3.05, 3.63) is 53.9 Å². The Bertz CT molecular complexity index is 949. The zero-order chi connectivity index (χ0) is 17.9. The van der Waals surface area contributed by atoms with E-state index in [0.29, 0.717) is 43.4 Å². The minimum atomic E-state index is -0.122. The average molecular weight is 351 g/mol. The van der Waals surface area contributed by atoms with Crippen molar-refractivity contribution in [3.63, 3.8) is 0 Å². The second-order valence-corrected chi connectivity index (χ2v) is 6.27. The summed E-state index contributed by atoms with van der Waals surface area (Å²) in [6.45, 7) is 4.41. The predicted octanol–water partition coefficient (Wildman–Crippen LogP) is 2.94. The van der Waals surface area contributed by atoms with Crippen molar-refractivity contribution in [2.45, 2.75) is 19.9 Å². The fourth-order valence-corrected chi connectivity index (χ4v) is 3.17. The molecule has 0 radical (unpaired) electrons. The molecule has 6 heteroatoms. The number of para-hydroxylation sites is 2. The normalized spacial score (nSPS) is 13.4. The first-order valence-corrected chi connectivity index (χ1v) is 8.82. The Hall–Kier alpha value is -3.02. The van der Waals surface area contributed by atoms with Crippen LogP contribution in [0.5, 0.6) is 11.5 Å². The molecule has 4 rings (SSSR count). The number of nitrogens with zero attached hydrogens (tertiary/aromatic N) is 2. The van der Waals surface area contributed by atoms with Gasteiger partial charge in [-0.05, 0) is 37.3 Å². The van der Waals surface area contributed by atoms with Gasteiger partial charge in [-0.1, -0.05) is 12.1 Å². The van der Waals surface area contributed by atoms with E-state index in [1.807, 2.05) is 31.2 Å². The molecule has 1 aliphatic heterocycles. The molecule has 3 aromatic rings. The second-order valence-electron chi connectivity index (χ2n) is 6.27. The highest BCUT2D eigenvalue weighted by Gasteiger charge is 2.14. The van der Waals surface area contributed by atoms with Crippen molar-refractivity contribution in [1.82, 2.24) is 14.9 Å². The third-order valence-electron chi connectivity index (χ3n) is 4.48. The van der Waals surface area contributed by atoms with Crippen molar-refractivity contribution in [3.8, 4) is 11.5 Å². The van der Waals surface area contributed by atoms with Gasteiger partial charge in [0.05, 0.1) is 24.2 Å². The number of carbonyl (C=O) groups excluding carboxylic acids is 1. The Labute approximate surface area is 151 Å². The van der Waals surface area contributed by atoms with Crippen LogP contribution >= 0.6 is 0 Å². The van der Waals surface area contributed by atoms with Crippen LogP contribution in [-0.4, -0.2) is 35.2 Å².